The average Bonchev–Trinajstić information content (AvgIpc) is 2.50. The molecule has 3 heteroatoms. The van der Waals surface area contributed by atoms with Crippen LogP contribution in [0, 0.1) is 0 Å². The number of carbonyl (C=O) groups excluding carboxylic acids is 1. The third-order valence-electron chi connectivity index (χ3n) is 4.13. The Morgan fingerprint density at radius 3 is 1.73 bits per heavy atom. The number of unbranched alkanes of at least 4 members (excludes halogenated alkanes) is 9. The molecule has 3 nitrogen and oxygen atoms in total. The van der Waals surface area contributed by atoms with Crippen molar-refractivity contribution in [1.82, 2.24) is 5.32 Å². The molecule has 0 heterocycles. The molecule has 0 radical (unpaired) electrons. The minimum absolute atomic E-state index is 0.105. The number of hydrogen-bond acceptors (Lipinski definition) is 3. The zero-order chi connectivity index (χ0) is 16.5. The van der Waals surface area contributed by atoms with Crippen LogP contribution < -0.4 is 5.32 Å². The molecule has 1 unspecified atom stereocenters. The topological polar surface area (TPSA) is 38.3 Å². The minimum atomic E-state index is -0.105. The first-order chi connectivity index (χ1) is 10.7. The molecule has 0 saturated carbocycles. The molecule has 22 heavy (non-hydrogen) atoms. The third kappa shape index (κ3) is 14.4. The van der Waals surface area contributed by atoms with E-state index in [1.807, 2.05) is 0 Å². The predicted molar refractivity (Wildman–Crippen MR) is 95.2 cm³/mol. The molecule has 0 aromatic rings. The van der Waals surface area contributed by atoms with Crippen molar-refractivity contribution in [1.29, 1.82) is 0 Å². The number of carbonyl (C=O) groups is 1. The van der Waals surface area contributed by atoms with Crippen molar-refractivity contribution in [3.05, 3.63) is 0 Å². The SMILES string of the molecule is CCCCCCCCC(CCCCCCC)OC(=O)CNC. The summed E-state index contributed by atoms with van der Waals surface area (Å²) in [6.07, 6.45) is 16.3. The van der Waals surface area contributed by atoms with E-state index in [0.717, 1.165) is 12.8 Å². The molecule has 132 valence electrons. The average molecular weight is 314 g/mol. The zero-order valence-electron chi connectivity index (χ0n) is 15.3. The van der Waals surface area contributed by atoms with Crippen LogP contribution in [0.25, 0.3) is 0 Å². The van der Waals surface area contributed by atoms with Crippen LogP contribution in [0.15, 0.2) is 0 Å². The number of esters is 1. The fourth-order valence-electron chi connectivity index (χ4n) is 2.76. The molecule has 1 N–H and O–H groups in total. The summed E-state index contributed by atoms with van der Waals surface area (Å²) in [7, 11) is 1.79. The van der Waals surface area contributed by atoms with Crippen molar-refractivity contribution >= 4 is 5.97 Å². The van der Waals surface area contributed by atoms with Crippen LogP contribution in [0.1, 0.15) is 97.3 Å². The maximum absolute atomic E-state index is 11.7. The van der Waals surface area contributed by atoms with Gasteiger partial charge in [-0.3, -0.25) is 4.79 Å². The molecule has 0 spiro atoms. The van der Waals surface area contributed by atoms with Gasteiger partial charge >= 0.3 is 5.97 Å². The molecule has 0 aromatic heterocycles. The summed E-state index contributed by atoms with van der Waals surface area (Å²) in [4.78, 5) is 11.7. The van der Waals surface area contributed by atoms with E-state index in [9.17, 15) is 4.79 Å². The zero-order valence-corrected chi connectivity index (χ0v) is 15.3. The van der Waals surface area contributed by atoms with Crippen molar-refractivity contribution in [2.24, 2.45) is 0 Å². The van der Waals surface area contributed by atoms with Gasteiger partial charge in [-0.15, -0.1) is 0 Å². The number of rotatable bonds is 16. The fraction of sp³-hybridized carbons (Fsp3) is 0.947. The fourth-order valence-corrected chi connectivity index (χ4v) is 2.76. The number of nitrogens with one attached hydrogen (secondary N) is 1. The summed E-state index contributed by atoms with van der Waals surface area (Å²) in [6, 6.07) is 0. The highest BCUT2D eigenvalue weighted by Crippen LogP contribution is 2.16. The Morgan fingerprint density at radius 1 is 0.818 bits per heavy atom. The molecule has 0 aliphatic heterocycles. The highest BCUT2D eigenvalue weighted by atomic mass is 16.5. The maximum Gasteiger partial charge on any atom is 0.320 e. The van der Waals surface area contributed by atoms with Crippen LogP contribution in [-0.2, 0) is 9.53 Å². The minimum Gasteiger partial charge on any atom is -0.461 e. The van der Waals surface area contributed by atoms with E-state index in [-0.39, 0.29) is 12.1 Å². The lowest BCUT2D eigenvalue weighted by Crippen LogP contribution is -2.26. The van der Waals surface area contributed by atoms with Crippen molar-refractivity contribution in [3.8, 4) is 0 Å². The highest BCUT2D eigenvalue weighted by Gasteiger charge is 2.13. The monoisotopic (exact) mass is 313 g/mol. The van der Waals surface area contributed by atoms with Gasteiger partial charge in [-0.25, -0.2) is 0 Å². The van der Waals surface area contributed by atoms with Crippen LogP contribution in [0.5, 0.6) is 0 Å². The van der Waals surface area contributed by atoms with Crippen molar-refractivity contribution < 1.29 is 9.53 Å². The second-order valence-electron chi connectivity index (χ2n) is 6.40. The van der Waals surface area contributed by atoms with Gasteiger partial charge in [0.15, 0.2) is 0 Å². The van der Waals surface area contributed by atoms with Crippen LogP contribution in [0.2, 0.25) is 0 Å². The normalized spacial score (nSPS) is 12.3. The van der Waals surface area contributed by atoms with Gasteiger partial charge in [0.2, 0.25) is 0 Å². The molecule has 0 aliphatic carbocycles. The molecule has 0 bridgehead atoms. The molecular weight excluding hydrogens is 274 g/mol. The second kappa shape index (κ2) is 16.8. The second-order valence-corrected chi connectivity index (χ2v) is 6.40. The van der Waals surface area contributed by atoms with Gasteiger partial charge in [-0.2, -0.15) is 0 Å². The number of likely N-dealkylation sites (N-methyl/N-ethyl adjacent to an activating group) is 1. The number of ether oxygens (including phenoxy) is 1. The Hall–Kier alpha value is -0.570. The molecule has 0 fully saturated rings. The van der Waals surface area contributed by atoms with E-state index in [1.165, 1.54) is 70.6 Å². The Bertz CT molecular complexity index is 244. The first kappa shape index (κ1) is 21.4. The predicted octanol–water partition coefficient (Wildman–Crippen LogP) is 5.23. The van der Waals surface area contributed by atoms with E-state index in [2.05, 4.69) is 19.2 Å². The lowest BCUT2D eigenvalue weighted by atomic mass is 10.0. The van der Waals surface area contributed by atoms with Crippen LogP contribution in [-0.4, -0.2) is 25.7 Å². The summed E-state index contributed by atoms with van der Waals surface area (Å²) < 4.78 is 5.62. The van der Waals surface area contributed by atoms with Gasteiger partial charge in [0, 0.05) is 0 Å². The Kier molecular flexibility index (Phi) is 16.4. The number of hydrogen-bond donors (Lipinski definition) is 1. The van der Waals surface area contributed by atoms with Gasteiger partial charge in [-0.05, 0) is 32.7 Å². The Balaban J connectivity index is 3.87. The quantitative estimate of drug-likeness (QED) is 0.313. The Labute approximate surface area is 138 Å². The van der Waals surface area contributed by atoms with Crippen molar-refractivity contribution in [2.45, 2.75) is 103 Å². The van der Waals surface area contributed by atoms with Gasteiger partial charge < -0.3 is 10.1 Å². The summed E-state index contributed by atoms with van der Waals surface area (Å²) in [6.45, 7) is 4.81. The van der Waals surface area contributed by atoms with E-state index in [0.29, 0.717) is 6.54 Å². The molecule has 0 amide bonds. The highest BCUT2D eigenvalue weighted by molar-refractivity contribution is 5.71. The molecule has 0 rings (SSSR count). The van der Waals surface area contributed by atoms with E-state index in [4.69, 9.17) is 4.74 Å². The molecule has 0 aliphatic rings. The summed E-state index contributed by atoms with van der Waals surface area (Å²) in [5.74, 6) is -0.105. The van der Waals surface area contributed by atoms with Gasteiger partial charge in [0.1, 0.15) is 6.10 Å². The Morgan fingerprint density at radius 2 is 1.27 bits per heavy atom. The molecule has 0 saturated heterocycles. The lowest BCUT2D eigenvalue weighted by Gasteiger charge is -2.18. The third-order valence-corrected chi connectivity index (χ3v) is 4.13. The molecule has 1 atom stereocenters. The van der Waals surface area contributed by atoms with E-state index >= 15 is 0 Å². The van der Waals surface area contributed by atoms with Gasteiger partial charge in [0.25, 0.3) is 0 Å². The van der Waals surface area contributed by atoms with Crippen molar-refractivity contribution in [2.75, 3.05) is 13.6 Å². The van der Waals surface area contributed by atoms with Gasteiger partial charge in [0.05, 0.1) is 6.54 Å². The molecule has 0 aromatic carbocycles. The maximum atomic E-state index is 11.7. The summed E-state index contributed by atoms with van der Waals surface area (Å²) in [5, 5.41) is 2.87. The lowest BCUT2D eigenvalue weighted by molar-refractivity contribution is -0.148. The van der Waals surface area contributed by atoms with Crippen molar-refractivity contribution in [3.63, 3.8) is 0 Å². The first-order valence-electron chi connectivity index (χ1n) is 9.58. The largest absolute Gasteiger partial charge is 0.461 e. The van der Waals surface area contributed by atoms with E-state index in [1.54, 1.807) is 7.05 Å². The van der Waals surface area contributed by atoms with Gasteiger partial charge in [-0.1, -0.05) is 71.6 Å². The molecular formula is C19H39NO2. The summed E-state index contributed by atoms with van der Waals surface area (Å²) >= 11 is 0. The first-order valence-corrected chi connectivity index (χ1v) is 9.58. The van der Waals surface area contributed by atoms with Crippen LogP contribution in [0.3, 0.4) is 0 Å². The smallest absolute Gasteiger partial charge is 0.320 e. The summed E-state index contributed by atoms with van der Waals surface area (Å²) in [5.41, 5.74) is 0. The van der Waals surface area contributed by atoms with E-state index < -0.39 is 0 Å². The van der Waals surface area contributed by atoms with Crippen LogP contribution in [0.4, 0.5) is 0 Å². The van der Waals surface area contributed by atoms with Crippen LogP contribution >= 0.6 is 0 Å². The standard InChI is InChI=1S/C19H39NO2/c1-4-6-8-10-12-14-16-18(22-19(21)17-20-3)15-13-11-9-7-5-2/h18,20H,4-17H2,1-3H3.